The van der Waals surface area contributed by atoms with E-state index in [4.69, 9.17) is 10.1 Å². The fourth-order valence-corrected chi connectivity index (χ4v) is 5.96. The molecule has 0 radical (unpaired) electrons. The van der Waals surface area contributed by atoms with Crippen LogP contribution in [0.25, 0.3) is 16.2 Å². The number of carbonyl (C=O) groups excluding carboxylic acids is 1. The van der Waals surface area contributed by atoms with Crippen LogP contribution in [0.5, 0.6) is 0 Å². The minimum Gasteiger partial charge on any atom is -0.364 e. The molecule has 188 valence electrons. The third-order valence-electron chi connectivity index (χ3n) is 6.82. The van der Waals surface area contributed by atoms with E-state index < -0.39 is 0 Å². The summed E-state index contributed by atoms with van der Waals surface area (Å²) in [6.45, 7) is 12.5. The molecule has 5 rings (SSSR count). The zero-order valence-electron chi connectivity index (χ0n) is 21.3. The van der Waals surface area contributed by atoms with Crippen LogP contribution in [0.3, 0.4) is 0 Å². The minimum atomic E-state index is -0.123. The number of piperazine rings is 1. The summed E-state index contributed by atoms with van der Waals surface area (Å²) in [6, 6.07) is 8.75. The number of hydrogen-bond donors (Lipinski definition) is 2. The first-order valence-electron chi connectivity index (χ1n) is 12.8. The molecule has 3 aromatic rings. The van der Waals surface area contributed by atoms with Gasteiger partial charge in [-0.25, -0.2) is 4.98 Å². The van der Waals surface area contributed by atoms with Gasteiger partial charge < -0.3 is 15.5 Å². The molecule has 35 heavy (non-hydrogen) atoms. The molecule has 8 nitrogen and oxygen atoms in total. The summed E-state index contributed by atoms with van der Waals surface area (Å²) in [5, 5.41) is 12.8. The lowest BCUT2D eigenvalue weighted by atomic mass is 10.0. The maximum Gasteiger partial charge on any atom is 0.234 e. The summed E-state index contributed by atoms with van der Waals surface area (Å²) >= 11 is 1.63. The number of anilines is 2. The number of benzene rings is 1. The van der Waals surface area contributed by atoms with Gasteiger partial charge in [-0.15, -0.1) is 5.10 Å². The van der Waals surface area contributed by atoms with Crippen molar-refractivity contribution in [1.29, 1.82) is 0 Å². The van der Waals surface area contributed by atoms with E-state index in [2.05, 4.69) is 72.4 Å². The number of hydrogen-bond acceptors (Lipinski definition) is 7. The van der Waals surface area contributed by atoms with Crippen LogP contribution < -0.4 is 15.5 Å². The predicted octanol–water partition coefficient (Wildman–Crippen LogP) is 4.16. The minimum absolute atomic E-state index is 0.123. The van der Waals surface area contributed by atoms with Crippen molar-refractivity contribution < 1.29 is 4.79 Å². The van der Waals surface area contributed by atoms with Crippen LogP contribution >= 0.6 is 11.3 Å². The summed E-state index contributed by atoms with van der Waals surface area (Å²) in [5.74, 6) is 1.10. The van der Waals surface area contributed by atoms with Gasteiger partial charge in [0.05, 0.1) is 6.54 Å². The van der Waals surface area contributed by atoms with Crippen molar-refractivity contribution in [3.63, 3.8) is 0 Å². The molecule has 0 unspecified atom stereocenters. The van der Waals surface area contributed by atoms with Crippen LogP contribution in [-0.4, -0.2) is 69.7 Å². The Bertz CT molecular complexity index is 1180. The van der Waals surface area contributed by atoms with Crippen molar-refractivity contribution in [2.45, 2.75) is 65.0 Å². The Kier molecular flexibility index (Phi) is 6.72. The smallest absolute Gasteiger partial charge is 0.234 e. The molecule has 0 spiro atoms. The molecule has 1 saturated heterocycles. The zero-order valence-corrected chi connectivity index (χ0v) is 22.1. The van der Waals surface area contributed by atoms with Crippen LogP contribution in [0.15, 0.2) is 24.3 Å². The van der Waals surface area contributed by atoms with E-state index in [9.17, 15) is 4.79 Å². The number of fused-ring (bicyclic) bond motifs is 1. The van der Waals surface area contributed by atoms with Crippen LogP contribution in [-0.2, 0) is 4.79 Å². The van der Waals surface area contributed by atoms with E-state index in [1.807, 2.05) is 4.52 Å². The molecule has 2 fully saturated rings. The van der Waals surface area contributed by atoms with Crippen molar-refractivity contribution in [3.05, 3.63) is 29.8 Å². The number of aromatic nitrogens is 3. The number of imidazole rings is 1. The second-order valence-electron chi connectivity index (χ2n) is 10.9. The first kappa shape index (κ1) is 24.1. The number of carbonyl (C=O) groups is 1. The number of nitrogens with zero attached hydrogens (tertiary/aromatic N) is 5. The normalized spacial score (nSPS) is 17.9. The molecule has 0 bridgehead atoms. The molecule has 1 saturated carbocycles. The number of rotatable bonds is 6. The first-order valence-corrected chi connectivity index (χ1v) is 13.6. The Morgan fingerprint density at radius 1 is 1.11 bits per heavy atom. The second kappa shape index (κ2) is 9.78. The molecule has 1 amide bonds. The van der Waals surface area contributed by atoms with E-state index in [-0.39, 0.29) is 11.4 Å². The predicted molar refractivity (Wildman–Crippen MR) is 143 cm³/mol. The fraction of sp³-hybridized carbons (Fsp3) is 0.577. The van der Waals surface area contributed by atoms with Crippen molar-refractivity contribution in [1.82, 2.24) is 24.8 Å². The molecule has 1 aliphatic heterocycles. The average molecular weight is 496 g/mol. The SMILES string of the molecule is Cc1ccccc1-c1nc2sc(N3CCN(CC(=O)NC4CCCC4)CC3)nn2c1NC(C)(C)C. The fourth-order valence-electron chi connectivity index (χ4n) is 5.00. The van der Waals surface area contributed by atoms with E-state index in [0.717, 1.165) is 66.2 Å². The van der Waals surface area contributed by atoms with Gasteiger partial charge in [0, 0.05) is 43.3 Å². The third kappa shape index (κ3) is 5.46. The third-order valence-corrected chi connectivity index (χ3v) is 7.79. The lowest BCUT2D eigenvalue weighted by Gasteiger charge is -2.34. The standard InChI is InChI=1S/C26H37N7OS/c1-18-9-5-8-12-20(18)22-23(29-26(2,3)4)33-24(28-22)35-25(30-33)32-15-13-31(14-16-32)17-21(34)27-19-10-6-7-11-19/h5,8-9,12,19,29H,6-7,10-11,13-17H2,1-4H3,(H,27,34). The van der Waals surface area contributed by atoms with Gasteiger partial charge in [-0.2, -0.15) is 4.52 Å². The van der Waals surface area contributed by atoms with Crippen molar-refractivity contribution >= 4 is 33.2 Å². The Hall–Kier alpha value is -2.65. The Morgan fingerprint density at radius 3 is 2.51 bits per heavy atom. The molecule has 1 aromatic carbocycles. The lowest BCUT2D eigenvalue weighted by Crippen LogP contribution is -2.50. The van der Waals surface area contributed by atoms with Gasteiger partial charge in [-0.1, -0.05) is 48.4 Å². The van der Waals surface area contributed by atoms with Crippen LogP contribution in [0.4, 0.5) is 10.9 Å². The van der Waals surface area contributed by atoms with Gasteiger partial charge >= 0.3 is 0 Å². The highest BCUT2D eigenvalue weighted by Gasteiger charge is 2.26. The number of amides is 1. The molecule has 2 aromatic heterocycles. The molecule has 2 N–H and O–H groups in total. The first-order chi connectivity index (χ1) is 16.8. The number of aryl methyl sites for hydroxylation is 1. The average Bonchev–Trinajstić information content (AvgIpc) is 3.52. The van der Waals surface area contributed by atoms with Gasteiger partial charge in [-0.05, 0) is 46.1 Å². The highest BCUT2D eigenvalue weighted by Crippen LogP contribution is 2.36. The van der Waals surface area contributed by atoms with E-state index in [1.165, 1.54) is 18.4 Å². The monoisotopic (exact) mass is 495 g/mol. The van der Waals surface area contributed by atoms with Gasteiger partial charge in [0.25, 0.3) is 0 Å². The molecule has 3 heterocycles. The summed E-state index contributed by atoms with van der Waals surface area (Å²) < 4.78 is 1.97. The molecule has 2 aliphatic rings. The van der Waals surface area contributed by atoms with Crippen LogP contribution in [0, 0.1) is 6.92 Å². The van der Waals surface area contributed by atoms with Gasteiger partial charge in [0.2, 0.25) is 16.0 Å². The Balaban J connectivity index is 1.30. The van der Waals surface area contributed by atoms with Gasteiger partial charge in [0.15, 0.2) is 5.82 Å². The van der Waals surface area contributed by atoms with E-state index in [1.54, 1.807) is 11.3 Å². The summed E-state index contributed by atoms with van der Waals surface area (Å²) in [6.07, 6.45) is 4.73. The Labute approximate surface area is 211 Å². The van der Waals surface area contributed by atoms with Crippen molar-refractivity contribution in [2.24, 2.45) is 0 Å². The summed E-state index contributed by atoms with van der Waals surface area (Å²) in [4.78, 5) is 22.9. The molecule has 0 atom stereocenters. The summed E-state index contributed by atoms with van der Waals surface area (Å²) in [5.41, 5.74) is 3.15. The van der Waals surface area contributed by atoms with Crippen LogP contribution in [0.1, 0.15) is 52.0 Å². The van der Waals surface area contributed by atoms with Crippen LogP contribution in [0.2, 0.25) is 0 Å². The molecular formula is C26H37N7OS. The molecule has 9 heteroatoms. The lowest BCUT2D eigenvalue weighted by molar-refractivity contribution is -0.123. The largest absolute Gasteiger partial charge is 0.364 e. The zero-order chi connectivity index (χ0) is 24.6. The number of nitrogens with one attached hydrogen (secondary N) is 2. The molecular weight excluding hydrogens is 458 g/mol. The quantitative estimate of drug-likeness (QED) is 0.535. The van der Waals surface area contributed by atoms with Crippen molar-refractivity contribution in [2.75, 3.05) is 42.9 Å². The highest BCUT2D eigenvalue weighted by atomic mass is 32.1. The maximum absolute atomic E-state index is 12.4. The molecule has 1 aliphatic carbocycles. The second-order valence-corrected chi connectivity index (χ2v) is 11.8. The topological polar surface area (TPSA) is 77.8 Å². The van der Waals surface area contributed by atoms with Crippen molar-refractivity contribution in [3.8, 4) is 11.3 Å². The summed E-state index contributed by atoms with van der Waals surface area (Å²) in [7, 11) is 0. The van der Waals surface area contributed by atoms with Gasteiger partial charge in [0.1, 0.15) is 5.69 Å². The van der Waals surface area contributed by atoms with E-state index >= 15 is 0 Å². The van der Waals surface area contributed by atoms with E-state index in [0.29, 0.717) is 12.6 Å². The highest BCUT2D eigenvalue weighted by molar-refractivity contribution is 7.20. The van der Waals surface area contributed by atoms with Gasteiger partial charge in [-0.3, -0.25) is 9.69 Å². The maximum atomic E-state index is 12.4. The Morgan fingerprint density at radius 2 is 1.83 bits per heavy atom.